The molecule has 2 aromatic heterocycles. The van der Waals surface area contributed by atoms with Crippen LogP contribution in [0, 0.1) is 6.92 Å². The summed E-state index contributed by atoms with van der Waals surface area (Å²) in [5.41, 5.74) is 1.07. The maximum Gasteiger partial charge on any atom is 0.354 e. The van der Waals surface area contributed by atoms with Gasteiger partial charge in [-0.1, -0.05) is 0 Å². The topological polar surface area (TPSA) is 102 Å². The molecular weight excluding hydrogens is 286 g/mol. The van der Waals surface area contributed by atoms with Crippen LogP contribution in [-0.2, 0) is 11.3 Å². The van der Waals surface area contributed by atoms with Gasteiger partial charge in [0.05, 0.1) is 0 Å². The Labute approximate surface area is 127 Å². The Kier molecular flexibility index (Phi) is 4.92. The van der Waals surface area contributed by atoms with Crippen LogP contribution in [0.4, 0.5) is 0 Å². The average Bonchev–Trinajstić information content (AvgIpc) is 3.11. The Bertz CT molecular complexity index is 661. The highest BCUT2D eigenvalue weighted by Gasteiger charge is 2.20. The van der Waals surface area contributed by atoms with Crippen LogP contribution in [0.25, 0.3) is 0 Å². The van der Waals surface area contributed by atoms with Gasteiger partial charge in [-0.05, 0) is 32.4 Å². The zero-order valence-electron chi connectivity index (χ0n) is 12.6. The molecule has 0 fully saturated rings. The van der Waals surface area contributed by atoms with Crippen LogP contribution < -0.4 is 5.32 Å². The van der Waals surface area contributed by atoms with Gasteiger partial charge in [0.15, 0.2) is 0 Å². The van der Waals surface area contributed by atoms with E-state index in [4.69, 9.17) is 5.11 Å². The minimum Gasteiger partial charge on any atom is -0.477 e. The Balaban J connectivity index is 1.83. The number of carbonyl (C=O) groups is 2. The Morgan fingerprint density at radius 2 is 2.05 bits per heavy atom. The van der Waals surface area contributed by atoms with Gasteiger partial charge >= 0.3 is 5.97 Å². The lowest BCUT2D eigenvalue weighted by Crippen LogP contribution is -2.33. The van der Waals surface area contributed by atoms with Crippen LogP contribution in [0.15, 0.2) is 24.5 Å². The molecule has 1 atom stereocenters. The van der Waals surface area contributed by atoms with E-state index < -0.39 is 12.0 Å². The van der Waals surface area contributed by atoms with Crippen LogP contribution in [0.5, 0.6) is 0 Å². The van der Waals surface area contributed by atoms with E-state index in [0.29, 0.717) is 6.54 Å². The Hall–Kier alpha value is -2.64. The Morgan fingerprint density at radius 3 is 2.68 bits per heavy atom. The molecule has 2 aromatic rings. The molecule has 0 saturated heterocycles. The number of nitrogens with zero attached hydrogens (tertiary/aromatic N) is 4. The molecule has 1 unspecified atom stereocenters. The normalized spacial score (nSPS) is 12.1. The number of aromatic nitrogens is 4. The summed E-state index contributed by atoms with van der Waals surface area (Å²) in [6, 6.07) is 2.62. The summed E-state index contributed by atoms with van der Waals surface area (Å²) in [5.74, 6) is -1.37. The van der Waals surface area contributed by atoms with E-state index >= 15 is 0 Å². The molecule has 0 radical (unpaired) electrons. The molecule has 1 amide bonds. The quantitative estimate of drug-likeness (QED) is 0.738. The fourth-order valence-corrected chi connectivity index (χ4v) is 2.12. The molecule has 0 bridgehead atoms. The van der Waals surface area contributed by atoms with Crippen LogP contribution in [0.2, 0.25) is 0 Å². The number of aryl methyl sites for hydroxylation is 2. The van der Waals surface area contributed by atoms with Crippen LogP contribution in [-0.4, -0.2) is 43.1 Å². The fraction of sp³-hybridized carbons (Fsp3) is 0.429. The second-order valence-electron chi connectivity index (χ2n) is 4.98. The molecule has 0 spiro atoms. The summed E-state index contributed by atoms with van der Waals surface area (Å²) >= 11 is 0. The van der Waals surface area contributed by atoms with Gasteiger partial charge in [-0.15, -0.1) is 0 Å². The SMILES string of the molecule is Cc1ccnn1CCCNC(=O)C(C)n1nccc1C(=O)O. The molecule has 0 aliphatic rings. The Morgan fingerprint density at radius 1 is 1.32 bits per heavy atom. The van der Waals surface area contributed by atoms with Crippen molar-refractivity contribution in [3.8, 4) is 0 Å². The minimum atomic E-state index is -1.11. The number of aromatic carboxylic acids is 1. The summed E-state index contributed by atoms with van der Waals surface area (Å²) in [4.78, 5) is 23.1. The molecule has 8 nitrogen and oxygen atoms in total. The van der Waals surface area contributed by atoms with E-state index in [2.05, 4.69) is 15.5 Å². The minimum absolute atomic E-state index is 0.00480. The summed E-state index contributed by atoms with van der Waals surface area (Å²) in [6.45, 7) is 4.80. The van der Waals surface area contributed by atoms with Crippen molar-refractivity contribution < 1.29 is 14.7 Å². The van der Waals surface area contributed by atoms with E-state index in [-0.39, 0.29) is 11.6 Å². The van der Waals surface area contributed by atoms with Crippen LogP contribution >= 0.6 is 0 Å². The highest BCUT2D eigenvalue weighted by molar-refractivity contribution is 5.87. The van der Waals surface area contributed by atoms with Crippen molar-refractivity contribution in [2.45, 2.75) is 32.9 Å². The standard InChI is InChI=1S/C14H19N5O3/c1-10-4-7-16-18(10)9-3-6-15-13(20)11(2)19-12(14(21)22)5-8-17-19/h4-5,7-8,11H,3,6,9H2,1-2H3,(H,15,20)(H,21,22). The van der Waals surface area contributed by atoms with Crippen molar-refractivity contribution in [3.63, 3.8) is 0 Å². The lowest BCUT2D eigenvalue weighted by Gasteiger charge is -2.14. The third-order valence-corrected chi connectivity index (χ3v) is 3.41. The first kappa shape index (κ1) is 15.7. The van der Waals surface area contributed by atoms with Gasteiger partial charge in [0.25, 0.3) is 0 Å². The van der Waals surface area contributed by atoms with Crippen molar-refractivity contribution in [3.05, 3.63) is 35.9 Å². The number of amides is 1. The van der Waals surface area contributed by atoms with E-state index in [0.717, 1.165) is 18.7 Å². The molecule has 2 N–H and O–H groups in total. The summed E-state index contributed by atoms with van der Waals surface area (Å²) in [5, 5.41) is 19.9. The second kappa shape index (κ2) is 6.88. The number of rotatable bonds is 7. The molecule has 0 aromatic carbocycles. The van der Waals surface area contributed by atoms with E-state index in [1.54, 1.807) is 13.1 Å². The highest BCUT2D eigenvalue weighted by Crippen LogP contribution is 2.09. The van der Waals surface area contributed by atoms with Gasteiger partial charge in [-0.3, -0.25) is 9.48 Å². The maximum atomic E-state index is 12.1. The first-order valence-corrected chi connectivity index (χ1v) is 7.03. The number of carbonyl (C=O) groups excluding carboxylic acids is 1. The number of hydrogen-bond acceptors (Lipinski definition) is 4. The molecular formula is C14H19N5O3. The number of hydrogen-bond donors (Lipinski definition) is 2. The van der Waals surface area contributed by atoms with Crippen LogP contribution in [0.1, 0.15) is 35.6 Å². The third kappa shape index (κ3) is 3.51. The molecule has 0 aliphatic carbocycles. The molecule has 2 rings (SSSR count). The van der Waals surface area contributed by atoms with Gasteiger partial charge in [0.2, 0.25) is 5.91 Å². The fourth-order valence-electron chi connectivity index (χ4n) is 2.12. The predicted molar refractivity (Wildman–Crippen MR) is 78.5 cm³/mol. The van der Waals surface area contributed by atoms with Crippen molar-refractivity contribution >= 4 is 11.9 Å². The predicted octanol–water partition coefficient (Wildman–Crippen LogP) is 0.854. The zero-order chi connectivity index (χ0) is 16.1. The average molecular weight is 305 g/mol. The molecule has 0 saturated carbocycles. The van der Waals surface area contributed by atoms with Crippen molar-refractivity contribution in [2.75, 3.05) is 6.54 Å². The van der Waals surface area contributed by atoms with Gasteiger partial charge in [0, 0.05) is 31.2 Å². The number of carboxylic acids is 1. The van der Waals surface area contributed by atoms with E-state index in [1.165, 1.54) is 16.9 Å². The van der Waals surface area contributed by atoms with Gasteiger partial charge < -0.3 is 10.4 Å². The highest BCUT2D eigenvalue weighted by atomic mass is 16.4. The molecule has 8 heteroatoms. The smallest absolute Gasteiger partial charge is 0.354 e. The molecule has 22 heavy (non-hydrogen) atoms. The summed E-state index contributed by atoms with van der Waals surface area (Å²) < 4.78 is 3.07. The third-order valence-electron chi connectivity index (χ3n) is 3.41. The van der Waals surface area contributed by atoms with Crippen molar-refractivity contribution in [1.82, 2.24) is 24.9 Å². The number of nitrogens with one attached hydrogen (secondary N) is 1. The summed E-state index contributed by atoms with van der Waals surface area (Å²) in [7, 11) is 0. The van der Waals surface area contributed by atoms with Crippen LogP contribution in [0.3, 0.4) is 0 Å². The molecule has 0 aliphatic heterocycles. The zero-order valence-corrected chi connectivity index (χ0v) is 12.6. The lowest BCUT2D eigenvalue weighted by molar-refractivity contribution is -0.124. The van der Waals surface area contributed by atoms with E-state index in [9.17, 15) is 9.59 Å². The summed E-state index contributed by atoms with van der Waals surface area (Å²) in [6.07, 6.45) is 3.85. The lowest BCUT2D eigenvalue weighted by atomic mass is 10.3. The monoisotopic (exact) mass is 305 g/mol. The van der Waals surface area contributed by atoms with Crippen molar-refractivity contribution in [1.29, 1.82) is 0 Å². The van der Waals surface area contributed by atoms with Gasteiger partial charge in [-0.25, -0.2) is 9.48 Å². The van der Waals surface area contributed by atoms with E-state index in [1.807, 2.05) is 17.7 Å². The first-order valence-electron chi connectivity index (χ1n) is 7.03. The van der Waals surface area contributed by atoms with Crippen molar-refractivity contribution in [2.24, 2.45) is 0 Å². The van der Waals surface area contributed by atoms with Gasteiger partial charge in [-0.2, -0.15) is 10.2 Å². The first-order chi connectivity index (χ1) is 10.5. The molecule has 2 heterocycles. The van der Waals surface area contributed by atoms with Gasteiger partial charge in [0.1, 0.15) is 11.7 Å². The number of carboxylic acid groups (broad SMARTS) is 1. The maximum absolute atomic E-state index is 12.1. The molecule has 118 valence electrons. The second-order valence-corrected chi connectivity index (χ2v) is 4.98. The largest absolute Gasteiger partial charge is 0.477 e.